The van der Waals surface area contributed by atoms with Gasteiger partial charge in [-0.1, -0.05) is 18.2 Å². The number of rotatable bonds is 3. The van der Waals surface area contributed by atoms with Crippen LogP contribution >= 0.6 is 0 Å². The fraction of sp³-hybridized carbons (Fsp3) is 0.542. The molecule has 9 nitrogen and oxygen atoms in total. The second kappa shape index (κ2) is 9.52. The molecular weight excluding hydrogens is 424 g/mol. The highest BCUT2D eigenvalue weighted by Crippen LogP contribution is 2.32. The van der Waals surface area contributed by atoms with Crippen molar-refractivity contribution in [2.45, 2.75) is 51.9 Å². The number of ether oxygens (including phenoxy) is 2. The van der Waals surface area contributed by atoms with E-state index >= 15 is 0 Å². The van der Waals surface area contributed by atoms with E-state index in [9.17, 15) is 14.9 Å². The SMILES string of the molecule is CC(C)(C)OC(=O)N1CCN([C@H]2C=C(/C3=C/c4c(cccc4[N+](=O)[O-])COCN3)CC2)CC1. The second-order valence-electron chi connectivity index (χ2n) is 9.64. The van der Waals surface area contributed by atoms with Gasteiger partial charge in [0.1, 0.15) is 12.3 Å². The molecular formula is C24H32N4O5. The summed E-state index contributed by atoms with van der Waals surface area (Å²) in [5.74, 6) is 0. The van der Waals surface area contributed by atoms with Crippen LogP contribution in [0.15, 0.2) is 35.5 Å². The zero-order chi connectivity index (χ0) is 23.6. The van der Waals surface area contributed by atoms with E-state index in [1.54, 1.807) is 11.0 Å². The smallest absolute Gasteiger partial charge is 0.410 e. The first-order chi connectivity index (χ1) is 15.7. The van der Waals surface area contributed by atoms with Gasteiger partial charge in [-0.2, -0.15) is 0 Å². The lowest BCUT2D eigenvalue weighted by Crippen LogP contribution is -2.52. The largest absolute Gasteiger partial charge is 0.444 e. The summed E-state index contributed by atoms with van der Waals surface area (Å²) in [5, 5.41) is 14.9. The van der Waals surface area contributed by atoms with Crippen LogP contribution in [0.4, 0.5) is 10.5 Å². The van der Waals surface area contributed by atoms with Crippen LogP contribution in [0.3, 0.4) is 0 Å². The van der Waals surface area contributed by atoms with Gasteiger partial charge in [0.2, 0.25) is 0 Å². The van der Waals surface area contributed by atoms with Gasteiger partial charge in [-0.3, -0.25) is 15.0 Å². The molecule has 0 aromatic heterocycles. The van der Waals surface area contributed by atoms with Gasteiger partial charge in [-0.05, 0) is 50.8 Å². The van der Waals surface area contributed by atoms with Crippen LogP contribution in [0, 0.1) is 10.1 Å². The van der Waals surface area contributed by atoms with Gasteiger partial charge in [0, 0.05) is 44.0 Å². The number of hydrogen-bond donors (Lipinski definition) is 1. The van der Waals surface area contributed by atoms with Crippen LogP contribution in [-0.4, -0.2) is 65.4 Å². The first-order valence-corrected chi connectivity index (χ1v) is 11.4. The van der Waals surface area contributed by atoms with Crippen molar-refractivity contribution in [2.75, 3.05) is 32.9 Å². The average molecular weight is 457 g/mol. The molecule has 0 unspecified atom stereocenters. The Balaban J connectivity index is 1.46. The zero-order valence-electron chi connectivity index (χ0n) is 19.5. The van der Waals surface area contributed by atoms with E-state index in [1.165, 1.54) is 6.07 Å². The van der Waals surface area contributed by atoms with Crippen LogP contribution < -0.4 is 5.32 Å². The summed E-state index contributed by atoms with van der Waals surface area (Å²) in [6.07, 6.45) is 5.74. The summed E-state index contributed by atoms with van der Waals surface area (Å²) in [5.41, 5.74) is 3.03. The Hall–Kier alpha value is -2.91. The maximum Gasteiger partial charge on any atom is 0.410 e. The number of carbonyl (C=O) groups is 1. The number of nitro benzene ring substituents is 1. The molecule has 2 heterocycles. The lowest BCUT2D eigenvalue weighted by molar-refractivity contribution is -0.385. The predicted molar refractivity (Wildman–Crippen MR) is 124 cm³/mol. The molecule has 1 aliphatic carbocycles. The molecule has 9 heteroatoms. The van der Waals surface area contributed by atoms with Crippen molar-refractivity contribution in [3.63, 3.8) is 0 Å². The Morgan fingerprint density at radius 2 is 2.00 bits per heavy atom. The molecule has 178 valence electrons. The molecule has 4 rings (SSSR count). The van der Waals surface area contributed by atoms with Crippen molar-refractivity contribution in [1.29, 1.82) is 0 Å². The number of benzene rings is 1. The van der Waals surface area contributed by atoms with Gasteiger partial charge in [0.25, 0.3) is 5.69 Å². The van der Waals surface area contributed by atoms with E-state index in [2.05, 4.69) is 16.3 Å². The van der Waals surface area contributed by atoms with Crippen LogP contribution in [-0.2, 0) is 16.1 Å². The van der Waals surface area contributed by atoms with Gasteiger partial charge < -0.3 is 19.7 Å². The third-order valence-corrected chi connectivity index (χ3v) is 6.16. The molecule has 1 fully saturated rings. The minimum Gasteiger partial charge on any atom is -0.444 e. The molecule has 0 bridgehead atoms. The van der Waals surface area contributed by atoms with E-state index in [4.69, 9.17) is 9.47 Å². The lowest BCUT2D eigenvalue weighted by atomic mass is 10.0. The number of fused-ring (bicyclic) bond motifs is 1. The van der Waals surface area contributed by atoms with Gasteiger partial charge in [0.15, 0.2) is 0 Å². The number of amides is 1. The minimum absolute atomic E-state index is 0.0886. The summed E-state index contributed by atoms with van der Waals surface area (Å²) in [6, 6.07) is 5.38. The van der Waals surface area contributed by atoms with Crippen molar-refractivity contribution >= 4 is 17.9 Å². The standard InChI is InChI=1S/C24H32N4O5/c1-24(2,3)33-23(29)27-11-9-26(10-12-27)19-8-7-17(13-19)21-14-20-18(15-32-16-25-21)5-4-6-22(20)28(30)31/h4-6,13-14,19,25H,7-12,15-16H2,1-3H3/b21-14-/t19-/m1/s1. The molecule has 1 aromatic carbocycles. The summed E-state index contributed by atoms with van der Waals surface area (Å²) in [6.45, 7) is 9.18. The summed E-state index contributed by atoms with van der Waals surface area (Å²) in [4.78, 5) is 27.7. The van der Waals surface area contributed by atoms with Crippen molar-refractivity contribution in [3.05, 3.63) is 56.8 Å². The van der Waals surface area contributed by atoms with Gasteiger partial charge >= 0.3 is 6.09 Å². The summed E-state index contributed by atoms with van der Waals surface area (Å²) in [7, 11) is 0. The number of carbonyl (C=O) groups excluding carboxylic acids is 1. The number of allylic oxidation sites excluding steroid dienone is 1. The first-order valence-electron chi connectivity index (χ1n) is 11.4. The van der Waals surface area contributed by atoms with Crippen LogP contribution in [0.25, 0.3) is 6.08 Å². The van der Waals surface area contributed by atoms with E-state index < -0.39 is 5.60 Å². The third-order valence-electron chi connectivity index (χ3n) is 6.16. The predicted octanol–water partition coefficient (Wildman–Crippen LogP) is 3.65. The molecule has 0 saturated carbocycles. The monoisotopic (exact) mass is 456 g/mol. The van der Waals surface area contributed by atoms with E-state index in [0.29, 0.717) is 32.0 Å². The Kier molecular flexibility index (Phi) is 6.71. The average Bonchev–Trinajstić information content (AvgIpc) is 3.23. The minimum atomic E-state index is -0.493. The maximum absolute atomic E-state index is 12.3. The normalized spacial score (nSPS) is 23.4. The van der Waals surface area contributed by atoms with Crippen molar-refractivity contribution in [1.82, 2.24) is 15.1 Å². The van der Waals surface area contributed by atoms with Crippen LogP contribution in [0.1, 0.15) is 44.7 Å². The van der Waals surface area contributed by atoms with Crippen molar-refractivity contribution in [3.8, 4) is 0 Å². The molecule has 1 amide bonds. The van der Waals surface area contributed by atoms with E-state index in [0.717, 1.165) is 42.8 Å². The highest BCUT2D eigenvalue weighted by atomic mass is 16.6. The summed E-state index contributed by atoms with van der Waals surface area (Å²) >= 11 is 0. The molecule has 33 heavy (non-hydrogen) atoms. The number of nitro groups is 1. The molecule has 1 saturated heterocycles. The Bertz CT molecular complexity index is 974. The molecule has 1 aromatic rings. The second-order valence-corrected chi connectivity index (χ2v) is 9.64. The van der Waals surface area contributed by atoms with Crippen LogP contribution in [0.5, 0.6) is 0 Å². The topological polar surface area (TPSA) is 97.2 Å². The third kappa shape index (κ3) is 5.54. The molecule has 1 N–H and O–H groups in total. The maximum atomic E-state index is 12.3. The molecule has 3 aliphatic rings. The zero-order valence-corrected chi connectivity index (χ0v) is 19.5. The molecule has 0 radical (unpaired) electrons. The van der Waals surface area contributed by atoms with Gasteiger partial charge in [-0.15, -0.1) is 0 Å². The Morgan fingerprint density at radius 1 is 1.24 bits per heavy atom. The Morgan fingerprint density at radius 3 is 2.70 bits per heavy atom. The fourth-order valence-electron chi connectivity index (χ4n) is 4.52. The van der Waals surface area contributed by atoms with E-state index in [1.807, 2.05) is 32.9 Å². The highest BCUT2D eigenvalue weighted by Gasteiger charge is 2.31. The molecule has 1 atom stereocenters. The van der Waals surface area contributed by atoms with Gasteiger partial charge in [0.05, 0.1) is 17.1 Å². The van der Waals surface area contributed by atoms with E-state index in [-0.39, 0.29) is 22.7 Å². The number of nitrogens with one attached hydrogen (secondary N) is 1. The molecule has 0 spiro atoms. The first kappa shape index (κ1) is 23.3. The number of hydrogen-bond acceptors (Lipinski definition) is 7. The van der Waals surface area contributed by atoms with Gasteiger partial charge in [-0.25, -0.2) is 4.79 Å². The van der Waals surface area contributed by atoms with Crippen molar-refractivity contribution < 1.29 is 19.2 Å². The number of piperazine rings is 1. The lowest BCUT2D eigenvalue weighted by Gasteiger charge is -2.38. The van der Waals surface area contributed by atoms with Crippen LogP contribution in [0.2, 0.25) is 0 Å². The highest BCUT2D eigenvalue weighted by molar-refractivity contribution is 5.69. The molecule has 2 aliphatic heterocycles. The van der Waals surface area contributed by atoms with Crippen molar-refractivity contribution in [2.24, 2.45) is 0 Å². The fourth-order valence-corrected chi connectivity index (χ4v) is 4.52. The Labute approximate surface area is 194 Å². The quantitative estimate of drug-likeness (QED) is 0.548. The summed E-state index contributed by atoms with van der Waals surface area (Å²) < 4.78 is 11.2. The number of nitrogens with zero attached hydrogens (tertiary/aromatic N) is 3.